The largest absolute Gasteiger partial charge is 0.478 e. The van der Waals surface area contributed by atoms with Crippen LogP contribution in [0.2, 0.25) is 20.1 Å². The third kappa shape index (κ3) is 7.76. The molecule has 14 heteroatoms. The Morgan fingerprint density at radius 1 is 0.673 bits per heavy atom. The number of aryl methyl sites for hydroxylation is 2. The van der Waals surface area contributed by atoms with Crippen molar-refractivity contribution >= 4 is 69.6 Å². The van der Waals surface area contributed by atoms with Gasteiger partial charge in [-0.2, -0.15) is 10.2 Å². The van der Waals surface area contributed by atoms with E-state index in [1.54, 1.807) is 46.4 Å². The van der Waals surface area contributed by atoms with Gasteiger partial charge < -0.3 is 9.84 Å². The number of halogens is 4. The average molecular weight is 785 g/mol. The molecular weight excluding hydrogens is 746 g/mol. The standard InChI is InChI=1S/C20H21Cl2N3O2.C18H17Cl2N3O2/c1-6-27-19(26)15-10-23-25-17(12-7-13(21)9-14(22)8-12)11(2)24-18(25)16(15)20(3,4)5;1-9-15(10-5-11(19)7-12(20)6-10)23-16(22-9)14(18(2,3)4)13(8-21-23)17(24)25/h7-10H,6H2,1-5H3;5-8H,1-4H3,(H,24,25). The smallest absolute Gasteiger partial charge is 0.340 e. The number of carboxylic acids is 1. The molecule has 0 saturated heterocycles. The lowest BCUT2D eigenvalue weighted by Gasteiger charge is -2.22. The SMILES string of the molecule is CCOC(=O)c1cnn2c(-c3cc(Cl)cc(Cl)c3)c(C)nc2c1C(C)(C)C.Cc1nc2c(C(C)(C)C)c(C(=O)O)cnn2c1-c1cc(Cl)cc(Cl)c1. The fourth-order valence-corrected chi connectivity index (χ4v) is 7.29. The van der Waals surface area contributed by atoms with Crippen LogP contribution < -0.4 is 0 Å². The van der Waals surface area contributed by atoms with Crippen LogP contribution >= 0.6 is 46.4 Å². The summed E-state index contributed by atoms with van der Waals surface area (Å²) < 4.78 is 8.61. The molecule has 6 rings (SSSR count). The maximum Gasteiger partial charge on any atom is 0.340 e. The monoisotopic (exact) mass is 782 g/mol. The van der Waals surface area contributed by atoms with E-state index in [0.29, 0.717) is 49.1 Å². The number of aromatic nitrogens is 6. The van der Waals surface area contributed by atoms with E-state index < -0.39 is 17.4 Å². The molecule has 0 aliphatic carbocycles. The van der Waals surface area contributed by atoms with Gasteiger partial charge in [-0.15, -0.1) is 0 Å². The second kappa shape index (κ2) is 14.7. The summed E-state index contributed by atoms with van der Waals surface area (Å²) in [6.07, 6.45) is 2.91. The zero-order chi connectivity index (χ0) is 38.4. The predicted octanol–water partition coefficient (Wildman–Crippen LogP) is 10.5. The zero-order valence-corrected chi connectivity index (χ0v) is 33.2. The van der Waals surface area contributed by atoms with Gasteiger partial charge in [0.1, 0.15) is 0 Å². The summed E-state index contributed by atoms with van der Waals surface area (Å²) in [6.45, 7) is 17.8. The minimum atomic E-state index is -1.02. The number of fused-ring (bicyclic) bond motifs is 2. The van der Waals surface area contributed by atoms with Gasteiger partial charge >= 0.3 is 11.9 Å². The topological polar surface area (TPSA) is 124 Å². The fraction of sp³-hybridized carbons (Fsp3) is 0.316. The van der Waals surface area contributed by atoms with Gasteiger partial charge in [-0.1, -0.05) is 87.9 Å². The summed E-state index contributed by atoms with van der Waals surface area (Å²) in [5.41, 5.74) is 7.00. The molecule has 4 heterocycles. The summed E-state index contributed by atoms with van der Waals surface area (Å²) in [7, 11) is 0. The molecule has 0 fully saturated rings. The van der Waals surface area contributed by atoms with Crippen LogP contribution in [-0.2, 0) is 15.6 Å². The number of nitrogens with zero attached hydrogens (tertiary/aromatic N) is 6. The Bertz CT molecular complexity index is 2330. The van der Waals surface area contributed by atoms with Gasteiger partial charge in [0.15, 0.2) is 11.3 Å². The van der Waals surface area contributed by atoms with Crippen LogP contribution in [0.15, 0.2) is 48.8 Å². The van der Waals surface area contributed by atoms with E-state index >= 15 is 0 Å². The molecule has 6 aromatic rings. The molecule has 0 atom stereocenters. The van der Waals surface area contributed by atoms with Crippen LogP contribution in [0.3, 0.4) is 0 Å². The van der Waals surface area contributed by atoms with E-state index in [2.05, 4.69) is 15.2 Å². The quantitative estimate of drug-likeness (QED) is 0.171. The molecule has 2 aromatic carbocycles. The van der Waals surface area contributed by atoms with Crippen molar-refractivity contribution in [3.05, 3.63) is 103 Å². The number of rotatable bonds is 5. The van der Waals surface area contributed by atoms with Crippen molar-refractivity contribution in [2.75, 3.05) is 6.61 Å². The van der Waals surface area contributed by atoms with Crippen LogP contribution in [0.5, 0.6) is 0 Å². The van der Waals surface area contributed by atoms with E-state index in [-0.39, 0.29) is 11.0 Å². The van der Waals surface area contributed by atoms with Gasteiger partial charge in [0.05, 0.1) is 52.9 Å². The van der Waals surface area contributed by atoms with Gasteiger partial charge in [0, 0.05) is 42.3 Å². The summed E-state index contributed by atoms with van der Waals surface area (Å²) in [6, 6.07) is 10.5. The number of carbonyl (C=O) groups is 2. The number of hydrogen-bond donors (Lipinski definition) is 1. The molecule has 0 spiro atoms. The minimum absolute atomic E-state index is 0.153. The van der Waals surface area contributed by atoms with Crippen LogP contribution in [0, 0.1) is 13.8 Å². The highest BCUT2D eigenvalue weighted by Gasteiger charge is 2.30. The Labute approximate surface area is 321 Å². The fourth-order valence-electron chi connectivity index (χ4n) is 6.23. The molecule has 0 radical (unpaired) electrons. The highest BCUT2D eigenvalue weighted by Crippen LogP contribution is 2.36. The lowest BCUT2D eigenvalue weighted by Crippen LogP contribution is -2.21. The van der Waals surface area contributed by atoms with Crippen LogP contribution in [-0.4, -0.2) is 52.8 Å². The maximum absolute atomic E-state index is 12.5. The number of carbonyl (C=O) groups excluding carboxylic acids is 1. The highest BCUT2D eigenvalue weighted by atomic mass is 35.5. The van der Waals surface area contributed by atoms with Gasteiger partial charge in [0.2, 0.25) is 0 Å². The average Bonchev–Trinajstić information content (AvgIpc) is 3.53. The number of imidazole rings is 2. The van der Waals surface area contributed by atoms with Gasteiger partial charge in [-0.25, -0.2) is 28.6 Å². The molecule has 10 nitrogen and oxygen atoms in total. The van der Waals surface area contributed by atoms with Gasteiger partial charge in [0.25, 0.3) is 0 Å². The first-order chi connectivity index (χ1) is 24.2. The Morgan fingerprint density at radius 2 is 1.04 bits per heavy atom. The normalized spacial score (nSPS) is 11.9. The van der Waals surface area contributed by atoms with Crippen LogP contribution in [0.25, 0.3) is 33.8 Å². The number of aromatic carboxylic acids is 1. The van der Waals surface area contributed by atoms with Crippen molar-refractivity contribution in [3.8, 4) is 22.5 Å². The zero-order valence-electron chi connectivity index (χ0n) is 30.2. The summed E-state index contributed by atoms with van der Waals surface area (Å²) in [5.74, 6) is -1.42. The molecule has 0 unspecified atom stereocenters. The second-order valence-electron chi connectivity index (χ2n) is 14.3. The lowest BCUT2D eigenvalue weighted by molar-refractivity contribution is 0.0522. The molecule has 0 aliphatic rings. The Hall–Kier alpha value is -4.22. The first-order valence-electron chi connectivity index (χ1n) is 16.3. The molecule has 4 aromatic heterocycles. The van der Waals surface area contributed by atoms with Crippen molar-refractivity contribution < 1.29 is 19.4 Å². The van der Waals surface area contributed by atoms with E-state index in [9.17, 15) is 14.7 Å². The highest BCUT2D eigenvalue weighted by molar-refractivity contribution is 6.35. The lowest BCUT2D eigenvalue weighted by atomic mass is 9.85. The third-order valence-corrected chi connectivity index (χ3v) is 9.02. The Balaban J connectivity index is 0.000000202. The van der Waals surface area contributed by atoms with Crippen LogP contribution in [0.1, 0.15) is 91.7 Å². The molecule has 0 aliphatic heterocycles. The van der Waals surface area contributed by atoms with Crippen molar-refractivity contribution in [2.24, 2.45) is 0 Å². The van der Waals surface area contributed by atoms with E-state index in [0.717, 1.165) is 39.5 Å². The predicted molar refractivity (Wildman–Crippen MR) is 207 cm³/mol. The van der Waals surface area contributed by atoms with E-state index in [1.165, 1.54) is 6.20 Å². The Kier molecular flexibility index (Phi) is 11.0. The molecule has 1 N–H and O–H groups in total. The molecule has 0 amide bonds. The summed E-state index contributed by atoms with van der Waals surface area (Å²) in [4.78, 5) is 33.5. The minimum Gasteiger partial charge on any atom is -0.478 e. The van der Waals surface area contributed by atoms with Crippen molar-refractivity contribution in [2.45, 2.75) is 73.1 Å². The maximum atomic E-state index is 12.5. The molecule has 52 heavy (non-hydrogen) atoms. The number of esters is 1. The Morgan fingerprint density at radius 3 is 1.38 bits per heavy atom. The summed E-state index contributed by atoms with van der Waals surface area (Å²) >= 11 is 24.6. The second-order valence-corrected chi connectivity index (χ2v) is 16.0. The van der Waals surface area contributed by atoms with Crippen molar-refractivity contribution in [1.29, 1.82) is 0 Å². The number of ether oxygens (including phenoxy) is 1. The van der Waals surface area contributed by atoms with E-state index in [4.69, 9.17) is 56.1 Å². The molecular formula is C38H38Cl4N6O4. The molecule has 0 saturated carbocycles. The number of hydrogen-bond acceptors (Lipinski definition) is 7. The van der Waals surface area contributed by atoms with Crippen LogP contribution in [0.4, 0.5) is 0 Å². The first kappa shape index (κ1) is 39.0. The number of carboxylic acid groups (broad SMARTS) is 1. The summed E-state index contributed by atoms with van der Waals surface area (Å²) in [5, 5.41) is 20.4. The van der Waals surface area contributed by atoms with Gasteiger partial charge in [-0.3, -0.25) is 0 Å². The molecule has 272 valence electrons. The third-order valence-electron chi connectivity index (χ3n) is 8.15. The number of benzene rings is 2. The van der Waals surface area contributed by atoms with Crippen molar-refractivity contribution in [3.63, 3.8) is 0 Å². The van der Waals surface area contributed by atoms with E-state index in [1.807, 2.05) is 67.5 Å². The molecule has 0 bridgehead atoms. The van der Waals surface area contributed by atoms with Gasteiger partial charge in [-0.05, 0) is 68.0 Å². The van der Waals surface area contributed by atoms with Crippen molar-refractivity contribution in [1.82, 2.24) is 29.2 Å². The first-order valence-corrected chi connectivity index (χ1v) is 17.8.